The maximum absolute atomic E-state index is 12.7. The Labute approximate surface area is 182 Å². The van der Waals surface area contributed by atoms with E-state index in [9.17, 15) is 18.4 Å². The Hall–Kier alpha value is -1.68. The number of alkyl halides is 2. The van der Waals surface area contributed by atoms with Gasteiger partial charge in [-0.25, -0.2) is 8.78 Å². The highest BCUT2D eigenvalue weighted by Crippen LogP contribution is 2.60. The fourth-order valence-electron chi connectivity index (χ4n) is 4.50. The Morgan fingerprint density at radius 2 is 1.80 bits per heavy atom. The summed E-state index contributed by atoms with van der Waals surface area (Å²) in [5.41, 5.74) is -0.638. The molecule has 2 bridgehead atoms. The van der Waals surface area contributed by atoms with E-state index in [0.717, 1.165) is 0 Å². The van der Waals surface area contributed by atoms with E-state index < -0.39 is 18.5 Å². The number of hydrogen-bond donors (Lipinski definition) is 4. The molecule has 30 heavy (non-hydrogen) atoms. The smallest absolute Gasteiger partial charge is 0.258 e. The summed E-state index contributed by atoms with van der Waals surface area (Å²) in [6, 6.07) is 3.29. The van der Waals surface area contributed by atoms with Crippen molar-refractivity contribution in [2.24, 2.45) is 0 Å². The van der Waals surface area contributed by atoms with Crippen LogP contribution in [0.1, 0.15) is 19.3 Å². The van der Waals surface area contributed by atoms with Crippen LogP contribution in [0.15, 0.2) is 18.2 Å². The molecule has 1 aliphatic heterocycles. The van der Waals surface area contributed by atoms with Gasteiger partial charge in [-0.3, -0.25) is 9.59 Å². The highest BCUT2D eigenvalue weighted by Gasteiger charge is 2.69. The zero-order chi connectivity index (χ0) is 21.5. The van der Waals surface area contributed by atoms with Gasteiger partial charge in [0.2, 0.25) is 5.91 Å². The summed E-state index contributed by atoms with van der Waals surface area (Å²) in [5, 5.41) is 12.3. The van der Waals surface area contributed by atoms with Crippen molar-refractivity contribution in [2.75, 3.05) is 19.7 Å². The lowest BCUT2D eigenvalue weighted by molar-refractivity contribution is -0.151. The number of rotatable bonds is 7. The molecule has 2 unspecified atom stereocenters. The number of piperazine rings is 1. The summed E-state index contributed by atoms with van der Waals surface area (Å²) in [7, 11) is 0. The molecular weight excluding hydrogens is 441 g/mol. The molecule has 2 atom stereocenters. The molecule has 5 rings (SSSR count). The number of ether oxygens (including phenoxy) is 1. The first kappa shape index (κ1) is 21.5. The van der Waals surface area contributed by atoms with E-state index in [1.165, 1.54) is 0 Å². The number of benzene rings is 1. The zero-order valence-electron chi connectivity index (χ0n) is 15.9. The predicted octanol–water partition coefficient (Wildman–Crippen LogP) is 1.47. The fraction of sp³-hybridized carbons (Fsp3) is 0.579. The Kier molecular flexibility index (Phi) is 5.82. The molecule has 1 aromatic rings. The Balaban J connectivity index is 1.18. The first-order chi connectivity index (χ1) is 14.2. The first-order valence-electron chi connectivity index (χ1n) is 9.65. The Morgan fingerprint density at radius 3 is 2.40 bits per heavy atom. The monoisotopic (exact) mass is 462 g/mol. The minimum absolute atomic E-state index is 0.0432. The third-order valence-electron chi connectivity index (χ3n) is 5.87. The van der Waals surface area contributed by atoms with Gasteiger partial charge in [-0.1, -0.05) is 23.2 Å². The first-order valence-corrected chi connectivity index (χ1v) is 10.4. The maximum atomic E-state index is 12.7. The largest absolute Gasteiger partial charge is 0.484 e. The van der Waals surface area contributed by atoms with Crippen molar-refractivity contribution >= 4 is 35.0 Å². The highest BCUT2D eigenvalue weighted by atomic mass is 35.5. The third kappa shape index (κ3) is 4.34. The summed E-state index contributed by atoms with van der Waals surface area (Å²) in [5.74, 6) is -0.0155. The molecule has 4 N–H and O–H groups in total. The van der Waals surface area contributed by atoms with E-state index >= 15 is 0 Å². The molecule has 2 amide bonds. The maximum Gasteiger partial charge on any atom is 0.258 e. The van der Waals surface area contributed by atoms with Crippen LogP contribution >= 0.6 is 23.2 Å². The molecule has 7 nitrogen and oxygen atoms in total. The van der Waals surface area contributed by atoms with Gasteiger partial charge in [0.1, 0.15) is 5.75 Å². The van der Waals surface area contributed by atoms with Crippen LogP contribution in [-0.4, -0.2) is 61.1 Å². The van der Waals surface area contributed by atoms with Crippen LogP contribution in [0.2, 0.25) is 10.0 Å². The molecule has 164 valence electrons. The lowest BCUT2D eigenvalue weighted by Crippen LogP contribution is -2.84. The normalized spacial score (nSPS) is 32.0. The minimum atomic E-state index is -2.47. The lowest BCUT2D eigenvalue weighted by Gasteiger charge is -2.70. The molecule has 4 fully saturated rings. The van der Waals surface area contributed by atoms with E-state index in [2.05, 4.69) is 21.3 Å². The molecule has 0 spiro atoms. The zero-order valence-corrected chi connectivity index (χ0v) is 17.5. The molecule has 0 aromatic heterocycles. The van der Waals surface area contributed by atoms with Crippen molar-refractivity contribution < 1.29 is 23.1 Å². The lowest BCUT2D eigenvalue weighted by atomic mass is 9.44. The van der Waals surface area contributed by atoms with Crippen LogP contribution in [-0.2, 0) is 9.59 Å². The second kappa shape index (κ2) is 8.11. The molecule has 0 radical (unpaired) electrons. The standard InChI is InChI=1S/C19H22Cl2F2N4O3/c20-11-2-1-10(3-12(11)21)30-6-15(28)26-18-7-19(8-18,9-18)27-17(29)14-5-24-13(4-25-14)16(22)23/h1-3,13-14,16,24-25H,4-9H2,(H,26,28)(H,27,29). The number of hydrogen-bond acceptors (Lipinski definition) is 5. The predicted molar refractivity (Wildman–Crippen MR) is 107 cm³/mol. The van der Waals surface area contributed by atoms with Crippen LogP contribution < -0.4 is 26.0 Å². The van der Waals surface area contributed by atoms with Crippen molar-refractivity contribution in [3.63, 3.8) is 0 Å². The summed E-state index contributed by atoms with van der Waals surface area (Å²) in [6.45, 7) is 0.0501. The third-order valence-corrected chi connectivity index (χ3v) is 6.61. The van der Waals surface area contributed by atoms with Gasteiger partial charge in [-0.15, -0.1) is 0 Å². The molecular formula is C19H22Cl2F2N4O3. The average molecular weight is 463 g/mol. The van der Waals surface area contributed by atoms with Gasteiger partial charge in [0.05, 0.1) is 22.1 Å². The second-order valence-corrected chi connectivity index (χ2v) is 9.12. The van der Waals surface area contributed by atoms with Crippen molar-refractivity contribution in [1.82, 2.24) is 21.3 Å². The molecule has 3 saturated carbocycles. The summed E-state index contributed by atoms with van der Waals surface area (Å²) in [4.78, 5) is 24.6. The number of halogens is 4. The van der Waals surface area contributed by atoms with Crippen LogP contribution in [0.4, 0.5) is 8.78 Å². The molecule has 11 heteroatoms. The number of carbonyl (C=O) groups is 2. The van der Waals surface area contributed by atoms with Gasteiger partial charge in [0.25, 0.3) is 12.3 Å². The van der Waals surface area contributed by atoms with E-state index in [-0.39, 0.29) is 42.6 Å². The molecule has 1 heterocycles. The van der Waals surface area contributed by atoms with Crippen LogP contribution in [0, 0.1) is 0 Å². The number of amides is 2. The van der Waals surface area contributed by atoms with Gasteiger partial charge in [-0.05, 0) is 31.4 Å². The van der Waals surface area contributed by atoms with Crippen molar-refractivity contribution in [1.29, 1.82) is 0 Å². The Morgan fingerprint density at radius 1 is 1.10 bits per heavy atom. The van der Waals surface area contributed by atoms with E-state index in [1.54, 1.807) is 18.2 Å². The van der Waals surface area contributed by atoms with Gasteiger partial charge in [0, 0.05) is 30.2 Å². The SMILES string of the molecule is O=C(COc1ccc(Cl)c(Cl)c1)NC12CC(NC(=O)C3CNC(C(F)F)CN3)(C1)C2. The van der Waals surface area contributed by atoms with E-state index in [4.69, 9.17) is 27.9 Å². The van der Waals surface area contributed by atoms with Crippen molar-refractivity contribution in [3.8, 4) is 5.75 Å². The molecule has 1 saturated heterocycles. The van der Waals surface area contributed by atoms with Crippen LogP contribution in [0.5, 0.6) is 5.75 Å². The topological polar surface area (TPSA) is 91.5 Å². The summed E-state index contributed by atoms with van der Waals surface area (Å²) < 4.78 is 30.8. The molecule has 3 aliphatic carbocycles. The van der Waals surface area contributed by atoms with Gasteiger partial charge < -0.3 is 26.0 Å². The minimum Gasteiger partial charge on any atom is -0.484 e. The highest BCUT2D eigenvalue weighted by molar-refractivity contribution is 6.42. The molecule has 1 aromatic carbocycles. The molecule has 4 aliphatic rings. The second-order valence-electron chi connectivity index (χ2n) is 8.30. The van der Waals surface area contributed by atoms with Gasteiger partial charge in [-0.2, -0.15) is 0 Å². The van der Waals surface area contributed by atoms with Crippen LogP contribution in [0.3, 0.4) is 0 Å². The fourth-order valence-corrected chi connectivity index (χ4v) is 4.78. The van der Waals surface area contributed by atoms with Crippen LogP contribution in [0.25, 0.3) is 0 Å². The quantitative estimate of drug-likeness (QED) is 0.492. The van der Waals surface area contributed by atoms with Crippen molar-refractivity contribution in [2.45, 2.75) is 48.8 Å². The van der Waals surface area contributed by atoms with Gasteiger partial charge in [0.15, 0.2) is 6.61 Å². The number of nitrogens with one attached hydrogen (secondary N) is 4. The van der Waals surface area contributed by atoms with E-state index in [1.807, 2.05) is 0 Å². The van der Waals surface area contributed by atoms with Crippen molar-refractivity contribution in [3.05, 3.63) is 28.2 Å². The van der Waals surface area contributed by atoms with Gasteiger partial charge >= 0.3 is 0 Å². The number of carbonyl (C=O) groups excluding carboxylic acids is 2. The van der Waals surface area contributed by atoms with E-state index in [0.29, 0.717) is 35.1 Å². The average Bonchev–Trinajstić information content (AvgIpc) is 2.66. The summed E-state index contributed by atoms with van der Waals surface area (Å²) in [6.07, 6.45) is -0.540. The Bertz CT molecular complexity index is 829. The summed E-state index contributed by atoms with van der Waals surface area (Å²) >= 11 is 11.8.